The van der Waals surface area contributed by atoms with Gasteiger partial charge < -0.3 is 0 Å². The van der Waals surface area contributed by atoms with E-state index in [2.05, 4.69) is 119 Å². The summed E-state index contributed by atoms with van der Waals surface area (Å²) >= 11 is 15.1. The predicted molar refractivity (Wildman–Crippen MR) is 194 cm³/mol. The van der Waals surface area contributed by atoms with E-state index >= 15 is 0 Å². The number of rotatable bonds is 9. The van der Waals surface area contributed by atoms with Crippen LogP contribution in [0.4, 0.5) is 0 Å². The van der Waals surface area contributed by atoms with Crippen molar-refractivity contribution in [1.29, 1.82) is 0 Å². The van der Waals surface area contributed by atoms with Crippen molar-refractivity contribution in [3.8, 4) is 39.0 Å². The highest BCUT2D eigenvalue weighted by atomic mass is 32.1. The molecule has 0 bridgehead atoms. The Balaban J connectivity index is 1.30. The van der Waals surface area contributed by atoms with E-state index in [0.29, 0.717) is 0 Å². The lowest BCUT2D eigenvalue weighted by atomic mass is 9.87. The lowest BCUT2D eigenvalue weighted by Crippen LogP contribution is -2.10. The first kappa shape index (κ1) is 27.2. The largest absolute Gasteiger partial charge is 0.143 e. The van der Waals surface area contributed by atoms with Gasteiger partial charge in [0.05, 0.1) is 0 Å². The maximum absolute atomic E-state index is 2.39. The standard InChI is InChI=1S/C34H22S8/c1-5-21(35-17-1)25-9-13-29(39-25)33(30-14-10-26(40-30)22-6-2-18-36-22)34(31-15-11-27(41-31)23-7-3-19-37-23)32-16-12-28(42-32)24-8-4-20-38-24/h1-20,33-34H. The summed E-state index contributed by atoms with van der Waals surface area (Å²) in [5.41, 5.74) is 0. The van der Waals surface area contributed by atoms with Crippen LogP contribution in [0.25, 0.3) is 39.0 Å². The van der Waals surface area contributed by atoms with Crippen LogP contribution < -0.4 is 0 Å². The second kappa shape index (κ2) is 11.9. The van der Waals surface area contributed by atoms with Gasteiger partial charge in [-0.1, -0.05) is 24.3 Å². The van der Waals surface area contributed by atoms with Gasteiger partial charge in [-0.15, -0.1) is 90.7 Å². The van der Waals surface area contributed by atoms with Gasteiger partial charge in [-0.3, -0.25) is 0 Å². The van der Waals surface area contributed by atoms with E-state index in [-0.39, 0.29) is 11.8 Å². The van der Waals surface area contributed by atoms with Crippen LogP contribution in [0.1, 0.15) is 31.3 Å². The molecule has 0 amide bonds. The fraction of sp³-hybridized carbons (Fsp3) is 0.0588. The Hall–Kier alpha value is -2.40. The summed E-state index contributed by atoms with van der Waals surface area (Å²) < 4.78 is 0. The molecule has 0 aliphatic heterocycles. The van der Waals surface area contributed by atoms with E-state index in [9.17, 15) is 0 Å². The van der Waals surface area contributed by atoms with Gasteiger partial charge in [-0.2, -0.15) is 0 Å². The normalized spacial score (nSPS) is 11.8. The molecule has 0 fully saturated rings. The van der Waals surface area contributed by atoms with E-state index in [0.717, 1.165) is 0 Å². The fourth-order valence-electron chi connectivity index (χ4n) is 5.22. The van der Waals surface area contributed by atoms with Crippen molar-refractivity contribution >= 4 is 90.7 Å². The number of thiophene rings is 8. The van der Waals surface area contributed by atoms with Gasteiger partial charge >= 0.3 is 0 Å². The molecule has 0 nitrogen and oxygen atoms in total. The van der Waals surface area contributed by atoms with Crippen molar-refractivity contribution in [3.63, 3.8) is 0 Å². The first-order valence-corrected chi connectivity index (χ1v) is 20.1. The minimum Gasteiger partial charge on any atom is -0.143 e. The molecule has 8 rings (SSSR count). The highest BCUT2D eigenvalue weighted by Crippen LogP contribution is 2.53. The first-order valence-electron chi connectivity index (χ1n) is 13.3. The van der Waals surface area contributed by atoms with Crippen LogP contribution in [0.2, 0.25) is 0 Å². The molecule has 0 unspecified atom stereocenters. The number of hydrogen-bond acceptors (Lipinski definition) is 8. The molecule has 206 valence electrons. The van der Waals surface area contributed by atoms with Gasteiger partial charge in [-0.05, 0) is 94.3 Å². The summed E-state index contributed by atoms with van der Waals surface area (Å²) in [6, 6.07) is 36.5. The molecule has 8 aromatic rings. The third kappa shape index (κ3) is 5.29. The molecule has 0 spiro atoms. The molecule has 0 N–H and O–H groups in total. The lowest BCUT2D eigenvalue weighted by molar-refractivity contribution is 0.741. The minimum atomic E-state index is 0.229. The first-order chi connectivity index (χ1) is 20.8. The topological polar surface area (TPSA) is 0 Å². The van der Waals surface area contributed by atoms with Crippen LogP contribution in [0.3, 0.4) is 0 Å². The highest BCUT2D eigenvalue weighted by molar-refractivity contribution is 7.24. The van der Waals surface area contributed by atoms with E-state index in [4.69, 9.17) is 0 Å². The summed E-state index contributed by atoms with van der Waals surface area (Å²) in [6.07, 6.45) is 0. The molecule has 42 heavy (non-hydrogen) atoms. The van der Waals surface area contributed by atoms with E-state index in [1.54, 1.807) is 0 Å². The fourth-order valence-corrected chi connectivity index (χ4v) is 13.4. The Bertz CT molecular complexity index is 1700. The van der Waals surface area contributed by atoms with Gasteiger partial charge in [0.25, 0.3) is 0 Å². The maximum atomic E-state index is 2.39. The Morgan fingerprint density at radius 3 is 0.762 bits per heavy atom. The molecule has 0 aromatic carbocycles. The van der Waals surface area contributed by atoms with Crippen molar-refractivity contribution in [3.05, 3.63) is 138 Å². The zero-order valence-corrected chi connectivity index (χ0v) is 28.5. The SMILES string of the molecule is c1csc(-c2ccc(C(c3ccc(-c4cccs4)s3)C(c3ccc(-c4cccs4)s3)c3ccc(-c4cccs4)s3)s2)c1. The molecule has 8 aromatic heterocycles. The van der Waals surface area contributed by atoms with Crippen LogP contribution in [-0.4, -0.2) is 0 Å². The molecule has 0 radical (unpaired) electrons. The Kier molecular flexibility index (Phi) is 7.73. The second-order valence-electron chi connectivity index (χ2n) is 9.67. The van der Waals surface area contributed by atoms with E-state index < -0.39 is 0 Å². The molecule has 0 saturated heterocycles. The van der Waals surface area contributed by atoms with Gasteiger partial charge in [0, 0.05) is 70.4 Å². The Labute approximate surface area is 277 Å². The Morgan fingerprint density at radius 2 is 0.548 bits per heavy atom. The molecule has 0 aliphatic carbocycles. The Morgan fingerprint density at radius 1 is 0.286 bits per heavy atom. The summed E-state index contributed by atoms with van der Waals surface area (Å²) in [5, 5.41) is 8.71. The summed E-state index contributed by atoms with van der Waals surface area (Å²) in [5.74, 6) is 0.458. The van der Waals surface area contributed by atoms with Gasteiger partial charge in [0.1, 0.15) is 0 Å². The van der Waals surface area contributed by atoms with Gasteiger partial charge in [0.2, 0.25) is 0 Å². The summed E-state index contributed by atoms with van der Waals surface area (Å²) in [4.78, 5) is 16.5. The van der Waals surface area contributed by atoms with Crippen molar-refractivity contribution in [2.75, 3.05) is 0 Å². The highest BCUT2D eigenvalue weighted by Gasteiger charge is 2.33. The lowest BCUT2D eigenvalue weighted by Gasteiger charge is -2.24. The molecule has 0 atom stereocenters. The predicted octanol–water partition coefficient (Wildman–Crippen LogP) is 13.8. The van der Waals surface area contributed by atoms with E-state index in [1.165, 1.54) is 58.5 Å². The van der Waals surface area contributed by atoms with Crippen molar-refractivity contribution in [1.82, 2.24) is 0 Å². The molecular formula is C34H22S8. The minimum absolute atomic E-state index is 0.229. The quantitative estimate of drug-likeness (QED) is 0.142. The second-order valence-corrected chi connectivity index (χ2v) is 17.9. The zero-order chi connectivity index (χ0) is 27.9. The van der Waals surface area contributed by atoms with Crippen molar-refractivity contribution < 1.29 is 0 Å². The third-order valence-electron chi connectivity index (χ3n) is 7.12. The molecule has 0 saturated carbocycles. The molecular weight excluding hydrogens is 665 g/mol. The third-order valence-corrected chi connectivity index (χ3v) is 16.1. The summed E-state index contributed by atoms with van der Waals surface area (Å²) in [6.45, 7) is 0. The van der Waals surface area contributed by atoms with Crippen LogP contribution in [0, 0.1) is 0 Å². The maximum Gasteiger partial charge on any atom is 0.0445 e. The van der Waals surface area contributed by atoms with Crippen molar-refractivity contribution in [2.24, 2.45) is 0 Å². The smallest absolute Gasteiger partial charge is 0.0445 e. The van der Waals surface area contributed by atoms with Crippen LogP contribution in [-0.2, 0) is 0 Å². The average molecular weight is 687 g/mol. The summed E-state index contributed by atoms with van der Waals surface area (Å²) in [7, 11) is 0. The molecule has 8 heteroatoms. The van der Waals surface area contributed by atoms with Crippen molar-refractivity contribution in [2.45, 2.75) is 11.8 Å². The van der Waals surface area contributed by atoms with E-state index in [1.807, 2.05) is 90.7 Å². The van der Waals surface area contributed by atoms with Gasteiger partial charge in [0.15, 0.2) is 0 Å². The van der Waals surface area contributed by atoms with Crippen LogP contribution >= 0.6 is 90.7 Å². The van der Waals surface area contributed by atoms with Gasteiger partial charge in [-0.25, -0.2) is 0 Å². The van der Waals surface area contributed by atoms with Crippen LogP contribution in [0.5, 0.6) is 0 Å². The number of hydrogen-bond donors (Lipinski definition) is 0. The molecule has 8 heterocycles. The van der Waals surface area contributed by atoms with Crippen LogP contribution in [0.15, 0.2) is 119 Å². The average Bonchev–Trinajstić information content (AvgIpc) is 3.87. The zero-order valence-electron chi connectivity index (χ0n) is 22.0. The molecule has 0 aliphatic rings. The monoisotopic (exact) mass is 686 g/mol.